The van der Waals surface area contributed by atoms with Crippen molar-refractivity contribution in [3.63, 3.8) is 0 Å². The number of nitrogens with two attached hydrogens (primary N) is 1. The van der Waals surface area contributed by atoms with E-state index in [2.05, 4.69) is 9.97 Å². The lowest BCUT2D eigenvalue weighted by atomic mass is 10.1. The molecule has 4 atom stereocenters. The van der Waals surface area contributed by atoms with E-state index >= 15 is 0 Å². The van der Waals surface area contributed by atoms with Crippen LogP contribution in [-0.2, 0) is 33.3 Å². The first-order valence-corrected chi connectivity index (χ1v) is 8.97. The van der Waals surface area contributed by atoms with E-state index in [0.29, 0.717) is 11.0 Å². The van der Waals surface area contributed by atoms with Crippen molar-refractivity contribution in [2.75, 3.05) is 12.3 Å². The number of hydrogen-bond donors (Lipinski definition) is 1. The minimum absolute atomic E-state index is 0.112. The number of anilines is 1. The number of fused-ring (bicyclic) bond motifs is 1. The van der Waals surface area contributed by atoms with Gasteiger partial charge in [0.1, 0.15) is 23.4 Å². The van der Waals surface area contributed by atoms with Gasteiger partial charge in [-0.2, -0.15) is 0 Å². The summed E-state index contributed by atoms with van der Waals surface area (Å²) in [5.74, 6) is -1.66. The summed E-state index contributed by atoms with van der Waals surface area (Å²) < 4.78 is 23.2. The maximum atomic E-state index is 11.7. The standard InChI is InChI=1S/C17H19ClN4O7/c1-7(23)26-5-11-14(27-8(2)24)15(28-9(3)25)17(29-11)22-6-20-13-10(22)4-12(18)21-16(13)19/h4,6,11,14-15,17H,5H2,1-3H3,(H2,19,21). The van der Waals surface area contributed by atoms with Gasteiger partial charge in [-0.1, -0.05) is 11.6 Å². The molecular formula is C17H19ClN4O7. The van der Waals surface area contributed by atoms with Crippen molar-refractivity contribution in [2.24, 2.45) is 0 Å². The van der Waals surface area contributed by atoms with Crippen LogP contribution in [-0.4, -0.2) is 57.4 Å². The molecule has 2 aromatic heterocycles. The van der Waals surface area contributed by atoms with E-state index in [0.717, 1.165) is 0 Å². The van der Waals surface area contributed by atoms with Gasteiger partial charge in [0.2, 0.25) is 0 Å². The molecule has 4 unspecified atom stereocenters. The molecule has 3 rings (SSSR count). The number of esters is 3. The molecule has 0 amide bonds. The topological polar surface area (TPSA) is 145 Å². The van der Waals surface area contributed by atoms with E-state index < -0.39 is 42.4 Å². The zero-order valence-electron chi connectivity index (χ0n) is 15.8. The molecule has 1 aliphatic heterocycles. The van der Waals surface area contributed by atoms with Gasteiger partial charge in [0, 0.05) is 26.8 Å². The molecular weight excluding hydrogens is 408 g/mol. The predicted octanol–water partition coefficient (Wildman–Crippen LogP) is 0.991. The molecule has 0 spiro atoms. The Morgan fingerprint density at radius 2 is 1.83 bits per heavy atom. The number of halogens is 1. The van der Waals surface area contributed by atoms with Crippen molar-refractivity contribution in [1.82, 2.24) is 14.5 Å². The van der Waals surface area contributed by atoms with Gasteiger partial charge in [0.25, 0.3) is 0 Å². The van der Waals surface area contributed by atoms with Crippen LogP contribution >= 0.6 is 11.6 Å². The summed E-state index contributed by atoms with van der Waals surface area (Å²) in [7, 11) is 0. The van der Waals surface area contributed by atoms with Gasteiger partial charge in [0.15, 0.2) is 24.3 Å². The van der Waals surface area contributed by atoms with Crippen LogP contribution < -0.4 is 5.73 Å². The highest BCUT2D eigenvalue weighted by atomic mass is 35.5. The Hall–Kier alpha value is -2.92. The van der Waals surface area contributed by atoms with Gasteiger partial charge >= 0.3 is 17.9 Å². The fourth-order valence-electron chi connectivity index (χ4n) is 3.14. The van der Waals surface area contributed by atoms with Crippen molar-refractivity contribution in [3.8, 4) is 0 Å². The molecule has 0 bridgehead atoms. The van der Waals surface area contributed by atoms with Crippen molar-refractivity contribution in [2.45, 2.75) is 45.3 Å². The fraction of sp³-hybridized carbons (Fsp3) is 0.471. The molecule has 156 valence electrons. The summed E-state index contributed by atoms with van der Waals surface area (Å²) in [6.07, 6.45) is -2.48. The molecule has 11 nitrogen and oxygen atoms in total. The number of nitrogen functional groups attached to an aromatic ring is 1. The zero-order chi connectivity index (χ0) is 21.3. The van der Waals surface area contributed by atoms with Crippen LogP contribution in [0.3, 0.4) is 0 Å². The zero-order valence-corrected chi connectivity index (χ0v) is 16.6. The smallest absolute Gasteiger partial charge is 0.303 e. The molecule has 2 N–H and O–H groups in total. The van der Waals surface area contributed by atoms with E-state index in [-0.39, 0.29) is 17.6 Å². The van der Waals surface area contributed by atoms with Crippen LogP contribution in [0, 0.1) is 0 Å². The number of ether oxygens (including phenoxy) is 4. The van der Waals surface area contributed by atoms with Crippen LogP contribution in [0.1, 0.15) is 27.0 Å². The third kappa shape index (κ3) is 4.40. The second-order valence-corrected chi connectivity index (χ2v) is 6.75. The second-order valence-electron chi connectivity index (χ2n) is 6.37. The van der Waals surface area contributed by atoms with Gasteiger partial charge in [0.05, 0.1) is 11.8 Å². The van der Waals surface area contributed by atoms with Crippen molar-refractivity contribution >= 4 is 46.4 Å². The fourth-order valence-corrected chi connectivity index (χ4v) is 3.34. The Morgan fingerprint density at radius 1 is 1.17 bits per heavy atom. The number of carbonyl (C=O) groups excluding carboxylic acids is 3. The second kappa shape index (κ2) is 8.21. The van der Waals surface area contributed by atoms with Crippen molar-refractivity contribution in [3.05, 3.63) is 17.5 Å². The Bertz CT molecular complexity index is 963. The third-order valence-corrected chi connectivity index (χ3v) is 4.37. The van der Waals surface area contributed by atoms with Gasteiger partial charge in [-0.05, 0) is 0 Å². The van der Waals surface area contributed by atoms with E-state index in [1.807, 2.05) is 0 Å². The van der Waals surface area contributed by atoms with Gasteiger partial charge < -0.3 is 24.7 Å². The summed E-state index contributed by atoms with van der Waals surface area (Å²) in [5, 5.41) is 0.131. The van der Waals surface area contributed by atoms with Crippen LogP contribution in [0.2, 0.25) is 5.15 Å². The number of carbonyl (C=O) groups is 3. The average Bonchev–Trinajstić information content (AvgIpc) is 3.15. The lowest BCUT2D eigenvalue weighted by molar-refractivity contribution is -0.166. The highest BCUT2D eigenvalue weighted by molar-refractivity contribution is 6.30. The number of aromatic nitrogens is 3. The predicted molar refractivity (Wildman–Crippen MR) is 98.6 cm³/mol. The molecule has 0 aromatic carbocycles. The molecule has 1 aliphatic rings. The molecule has 0 radical (unpaired) electrons. The van der Waals surface area contributed by atoms with E-state index in [4.69, 9.17) is 36.3 Å². The highest BCUT2D eigenvalue weighted by Gasteiger charge is 2.50. The first-order chi connectivity index (χ1) is 13.7. The minimum Gasteiger partial charge on any atom is -0.463 e. The van der Waals surface area contributed by atoms with E-state index in [9.17, 15) is 14.4 Å². The lowest BCUT2D eigenvalue weighted by Crippen LogP contribution is -2.40. The van der Waals surface area contributed by atoms with E-state index in [1.54, 1.807) is 0 Å². The third-order valence-electron chi connectivity index (χ3n) is 4.17. The van der Waals surface area contributed by atoms with Gasteiger partial charge in [-0.25, -0.2) is 9.97 Å². The van der Waals surface area contributed by atoms with Crippen LogP contribution in [0.15, 0.2) is 12.4 Å². The molecule has 29 heavy (non-hydrogen) atoms. The molecule has 3 heterocycles. The van der Waals surface area contributed by atoms with Gasteiger partial charge in [-0.3, -0.25) is 19.0 Å². The summed E-state index contributed by atoms with van der Waals surface area (Å²) >= 11 is 6.01. The quantitative estimate of drug-likeness (QED) is 0.417. The molecule has 1 fully saturated rings. The monoisotopic (exact) mass is 426 g/mol. The minimum atomic E-state index is -1.04. The Balaban J connectivity index is 2.04. The SMILES string of the molecule is CC(=O)OCC1OC(n2cnc3c(N)nc(Cl)cc32)C(OC(C)=O)C1OC(C)=O. The maximum Gasteiger partial charge on any atom is 0.303 e. The van der Waals surface area contributed by atoms with E-state index in [1.165, 1.54) is 37.7 Å². The lowest BCUT2D eigenvalue weighted by Gasteiger charge is -2.24. The Morgan fingerprint density at radius 3 is 2.45 bits per heavy atom. The largest absolute Gasteiger partial charge is 0.463 e. The van der Waals surface area contributed by atoms with Crippen LogP contribution in [0.4, 0.5) is 5.82 Å². The maximum absolute atomic E-state index is 11.7. The number of rotatable bonds is 5. The summed E-state index contributed by atoms with van der Waals surface area (Å²) in [5.41, 5.74) is 6.70. The molecule has 1 saturated heterocycles. The van der Waals surface area contributed by atoms with Gasteiger partial charge in [-0.15, -0.1) is 0 Å². The first-order valence-electron chi connectivity index (χ1n) is 8.59. The number of nitrogens with zero attached hydrogens (tertiary/aromatic N) is 3. The molecule has 0 aliphatic carbocycles. The molecule has 0 saturated carbocycles. The number of hydrogen-bond acceptors (Lipinski definition) is 10. The van der Waals surface area contributed by atoms with Crippen LogP contribution in [0.25, 0.3) is 11.0 Å². The summed E-state index contributed by atoms with van der Waals surface area (Å²) in [4.78, 5) is 42.7. The number of imidazole rings is 1. The summed E-state index contributed by atoms with van der Waals surface area (Å²) in [6, 6.07) is 1.52. The molecule has 12 heteroatoms. The Labute approximate surface area is 170 Å². The first kappa shape index (κ1) is 20.8. The van der Waals surface area contributed by atoms with Crippen LogP contribution in [0.5, 0.6) is 0 Å². The Kier molecular flexibility index (Phi) is 5.89. The highest BCUT2D eigenvalue weighted by Crippen LogP contribution is 2.37. The summed E-state index contributed by atoms with van der Waals surface area (Å²) in [6.45, 7) is 3.45. The normalized spacial score (nSPS) is 23.7. The number of pyridine rings is 1. The molecule has 2 aromatic rings. The average molecular weight is 427 g/mol. The van der Waals surface area contributed by atoms with Crippen molar-refractivity contribution < 1.29 is 33.3 Å². The van der Waals surface area contributed by atoms with Crippen molar-refractivity contribution in [1.29, 1.82) is 0 Å².